The first kappa shape index (κ1) is 19.1. The largest absolute Gasteiger partial charge is 0.340 e. The van der Waals surface area contributed by atoms with E-state index in [4.69, 9.17) is 0 Å². The van der Waals surface area contributed by atoms with Crippen LogP contribution in [0.2, 0.25) is 0 Å². The van der Waals surface area contributed by atoms with Crippen molar-refractivity contribution in [2.75, 3.05) is 19.1 Å². The molecule has 134 valence electrons. The Hall–Kier alpha value is -2.28. The maximum atomic E-state index is 12.8. The zero-order valence-electron chi connectivity index (χ0n) is 14.8. The highest BCUT2D eigenvalue weighted by molar-refractivity contribution is 7.98. The molecule has 6 nitrogen and oxygen atoms in total. The molecule has 1 N–H and O–H groups in total. The molecule has 0 saturated carbocycles. The van der Waals surface area contributed by atoms with Crippen molar-refractivity contribution in [2.24, 2.45) is 7.05 Å². The number of carbonyl (C=O) groups is 2. The van der Waals surface area contributed by atoms with Gasteiger partial charge in [-0.05, 0) is 30.6 Å². The summed E-state index contributed by atoms with van der Waals surface area (Å²) >= 11 is 1.65. The van der Waals surface area contributed by atoms with Crippen LogP contribution in [0.15, 0.2) is 42.7 Å². The van der Waals surface area contributed by atoms with Crippen LogP contribution in [0.5, 0.6) is 0 Å². The standard InChI is InChI=1S/C18H24N4O2S/c1-21(12-14-11-19-22(2)13-14)18(24)16(9-10-25-3)20-17(23)15-7-5-4-6-8-15/h4-8,11,13,16H,9-10,12H2,1-3H3,(H,20,23). The number of benzene rings is 1. The maximum absolute atomic E-state index is 12.8. The Labute approximate surface area is 152 Å². The lowest BCUT2D eigenvalue weighted by atomic mass is 10.1. The molecule has 0 spiro atoms. The van der Waals surface area contributed by atoms with Gasteiger partial charge in [-0.15, -0.1) is 0 Å². The van der Waals surface area contributed by atoms with Gasteiger partial charge in [-0.2, -0.15) is 16.9 Å². The molecule has 0 aliphatic carbocycles. The minimum absolute atomic E-state index is 0.0952. The predicted molar refractivity (Wildman–Crippen MR) is 100 cm³/mol. The number of hydrogen-bond acceptors (Lipinski definition) is 4. The third-order valence-electron chi connectivity index (χ3n) is 3.80. The second kappa shape index (κ2) is 9.27. The molecule has 2 amide bonds. The Morgan fingerprint density at radius 2 is 2.04 bits per heavy atom. The van der Waals surface area contributed by atoms with Crippen molar-refractivity contribution in [3.8, 4) is 0 Å². The van der Waals surface area contributed by atoms with Crippen LogP contribution in [0.1, 0.15) is 22.3 Å². The topological polar surface area (TPSA) is 67.2 Å². The van der Waals surface area contributed by atoms with Crippen molar-refractivity contribution in [1.82, 2.24) is 20.0 Å². The van der Waals surface area contributed by atoms with Gasteiger partial charge >= 0.3 is 0 Å². The summed E-state index contributed by atoms with van der Waals surface area (Å²) in [5.41, 5.74) is 1.51. The van der Waals surface area contributed by atoms with Crippen molar-refractivity contribution in [2.45, 2.75) is 19.0 Å². The van der Waals surface area contributed by atoms with Crippen LogP contribution in [0, 0.1) is 0 Å². The van der Waals surface area contributed by atoms with Crippen LogP contribution in [-0.4, -0.2) is 51.6 Å². The number of nitrogens with one attached hydrogen (secondary N) is 1. The van der Waals surface area contributed by atoms with Gasteiger partial charge in [-0.3, -0.25) is 14.3 Å². The molecule has 0 fully saturated rings. The summed E-state index contributed by atoms with van der Waals surface area (Å²) in [6, 6.07) is 8.41. The van der Waals surface area contributed by atoms with E-state index < -0.39 is 6.04 Å². The zero-order chi connectivity index (χ0) is 18.2. The Kier molecular flexibility index (Phi) is 7.06. The first-order valence-corrected chi connectivity index (χ1v) is 9.48. The Morgan fingerprint density at radius 3 is 2.64 bits per heavy atom. The average Bonchev–Trinajstić information content (AvgIpc) is 3.03. The number of thioether (sulfide) groups is 1. The minimum Gasteiger partial charge on any atom is -0.340 e. The van der Waals surface area contributed by atoms with E-state index in [0.29, 0.717) is 18.5 Å². The molecule has 1 heterocycles. The van der Waals surface area contributed by atoms with Crippen molar-refractivity contribution in [3.05, 3.63) is 53.9 Å². The molecule has 0 saturated heterocycles. The number of aromatic nitrogens is 2. The second-order valence-electron chi connectivity index (χ2n) is 5.89. The minimum atomic E-state index is -0.540. The number of carbonyl (C=O) groups excluding carboxylic acids is 2. The van der Waals surface area contributed by atoms with Crippen molar-refractivity contribution in [3.63, 3.8) is 0 Å². The fraction of sp³-hybridized carbons (Fsp3) is 0.389. The molecule has 1 unspecified atom stereocenters. The number of aryl methyl sites for hydroxylation is 1. The van der Waals surface area contributed by atoms with Gasteiger partial charge in [0.05, 0.1) is 6.20 Å². The van der Waals surface area contributed by atoms with E-state index in [1.54, 1.807) is 46.7 Å². The van der Waals surface area contributed by atoms with E-state index in [1.165, 1.54) is 0 Å². The summed E-state index contributed by atoms with van der Waals surface area (Å²) in [7, 11) is 3.59. The van der Waals surface area contributed by atoms with E-state index in [1.807, 2.05) is 37.7 Å². The Bertz CT molecular complexity index is 702. The molecule has 0 aliphatic heterocycles. The van der Waals surface area contributed by atoms with Gasteiger partial charge in [0, 0.05) is 38.0 Å². The Morgan fingerprint density at radius 1 is 1.32 bits per heavy atom. The highest BCUT2D eigenvalue weighted by atomic mass is 32.2. The van der Waals surface area contributed by atoms with Gasteiger partial charge in [0.2, 0.25) is 5.91 Å². The van der Waals surface area contributed by atoms with Crippen LogP contribution in [0.4, 0.5) is 0 Å². The monoisotopic (exact) mass is 360 g/mol. The molecular formula is C18H24N4O2S. The lowest BCUT2D eigenvalue weighted by molar-refractivity contribution is -0.132. The lowest BCUT2D eigenvalue weighted by Gasteiger charge is -2.24. The summed E-state index contributed by atoms with van der Waals surface area (Å²) in [6.07, 6.45) is 6.20. The Balaban J connectivity index is 2.04. The highest BCUT2D eigenvalue weighted by Gasteiger charge is 2.24. The third kappa shape index (κ3) is 5.63. The van der Waals surface area contributed by atoms with Crippen molar-refractivity contribution >= 4 is 23.6 Å². The molecule has 1 atom stereocenters. The van der Waals surface area contributed by atoms with Crippen LogP contribution in [0.25, 0.3) is 0 Å². The van der Waals surface area contributed by atoms with Crippen molar-refractivity contribution < 1.29 is 9.59 Å². The molecule has 7 heteroatoms. The first-order valence-electron chi connectivity index (χ1n) is 8.08. The van der Waals surface area contributed by atoms with E-state index in [2.05, 4.69) is 10.4 Å². The molecular weight excluding hydrogens is 336 g/mol. The van der Waals surface area contributed by atoms with Crippen LogP contribution in [0.3, 0.4) is 0 Å². The molecule has 1 aromatic carbocycles. The quantitative estimate of drug-likeness (QED) is 0.781. The highest BCUT2D eigenvalue weighted by Crippen LogP contribution is 2.09. The van der Waals surface area contributed by atoms with E-state index in [9.17, 15) is 9.59 Å². The molecule has 0 radical (unpaired) electrons. The van der Waals surface area contributed by atoms with Crippen molar-refractivity contribution in [1.29, 1.82) is 0 Å². The molecule has 25 heavy (non-hydrogen) atoms. The van der Waals surface area contributed by atoms with Crippen LogP contribution in [-0.2, 0) is 18.4 Å². The molecule has 0 aliphatic rings. The maximum Gasteiger partial charge on any atom is 0.251 e. The number of hydrogen-bond donors (Lipinski definition) is 1. The van der Waals surface area contributed by atoms with Gasteiger partial charge in [-0.25, -0.2) is 0 Å². The number of rotatable bonds is 8. The van der Waals surface area contributed by atoms with Gasteiger partial charge in [-0.1, -0.05) is 18.2 Å². The summed E-state index contributed by atoms with van der Waals surface area (Å²) in [5, 5.41) is 6.99. The van der Waals surface area contributed by atoms with Gasteiger partial charge < -0.3 is 10.2 Å². The number of nitrogens with zero attached hydrogens (tertiary/aromatic N) is 3. The smallest absolute Gasteiger partial charge is 0.251 e. The lowest BCUT2D eigenvalue weighted by Crippen LogP contribution is -2.47. The van der Waals surface area contributed by atoms with Gasteiger partial charge in [0.1, 0.15) is 6.04 Å². The molecule has 2 rings (SSSR count). The number of likely N-dealkylation sites (N-methyl/N-ethyl adjacent to an activating group) is 1. The normalized spacial score (nSPS) is 11.8. The van der Waals surface area contributed by atoms with Crippen LogP contribution < -0.4 is 5.32 Å². The van der Waals surface area contributed by atoms with E-state index in [0.717, 1.165) is 11.3 Å². The summed E-state index contributed by atoms with van der Waals surface area (Å²) in [6.45, 7) is 0.462. The fourth-order valence-corrected chi connectivity index (χ4v) is 2.97. The van der Waals surface area contributed by atoms with Crippen LogP contribution >= 0.6 is 11.8 Å². The van der Waals surface area contributed by atoms with E-state index in [-0.39, 0.29) is 11.8 Å². The predicted octanol–water partition coefficient (Wildman–Crippen LogP) is 1.93. The zero-order valence-corrected chi connectivity index (χ0v) is 15.6. The summed E-state index contributed by atoms with van der Waals surface area (Å²) in [4.78, 5) is 26.8. The first-order chi connectivity index (χ1) is 12.0. The molecule has 0 bridgehead atoms. The van der Waals surface area contributed by atoms with E-state index >= 15 is 0 Å². The average molecular weight is 360 g/mol. The van der Waals surface area contributed by atoms with Gasteiger partial charge in [0.15, 0.2) is 0 Å². The third-order valence-corrected chi connectivity index (χ3v) is 4.45. The summed E-state index contributed by atoms with van der Waals surface area (Å²) < 4.78 is 1.70. The molecule has 2 aromatic rings. The molecule has 1 aromatic heterocycles. The summed E-state index contributed by atoms with van der Waals surface area (Å²) in [5.74, 6) is 0.476. The SMILES string of the molecule is CSCCC(NC(=O)c1ccccc1)C(=O)N(C)Cc1cnn(C)c1. The fourth-order valence-electron chi connectivity index (χ4n) is 2.50. The number of amides is 2. The van der Waals surface area contributed by atoms with Gasteiger partial charge in [0.25, 0.3) is 5.91 Å². The second-order valence-corrected chi connectivity index (χ2v) is 6.88.